The normalized spacial score (nSPS) is 10.9. The van der Waals surface area contributed by atoms with Crippen molar-refractivity contribution in [2.45, 2.75) is 4.90 Å². The van der Waals surface area contributed by atoms with E-state index < -0.39 is 21.8 Å². The fourth-order valence-electron chi connectivity index (χ4n) is 1.88. The van der Waals surface area contributed by atoms with Crippen LogP contribution in [0, 0.1) is 5.82 Å². The Labute approximate surface area is 132 Å². The molecule has 2 aromatic carbocycles. The zero-order valence-electron chi connectivity index (χ0n) is 12.4. The van der Waals surface area contributed by atoms with E-state index in [-0.39, 0.29) is 21.9 Å². The molecule has 0 unspecified atom stereocenters. The lowest BCUT2D eigenvalue weighted by molar-refractivity contribution is 0.0600. The van der Waals surface area contributed by atoms with Gasteiger partial charge in [0.05, 0.1) is 25.5 Å². The number of anilines is 1. The van der Waals surface area contributed by atoms with Gasteiger partial charge in [-0.2, -0.15) is 0 Å². The maximum Gasteiger partial charge on any atom is 0.337 e. The predicted octanol–water partition coefficient (Wildman–Crippen LogP) is 2.42. The van der Waals surface area contributed by atoms with Crippen molar-refractivity contribution in [3.63, 3.8) is 0 Å². The Bertz CT molecular complexity index is 836. The molecule has 0 fully saturated rings. The maximum atomic E-state index is 14.0. The summed E-state index contributed by atoms with van der Waals surface area (Å²) in [4.78, 5) is 11.2. The van der Waals surface area contributed by atoms with Gasteiger partial charge in [0, 0.05) is 0 Å². The van der Waals surface area contributed by atoms with E-state index in [4.69, 9.17) is 4.74 Å². The lowest BCUT2D eigenvalue weighted by Gasteiger charge is -2.12. The Kier molecular flexibility index (Phi) is 4.85. The highest BCUT2D eigenvalue weighted by Gasteiger charge is 2.21. The van der Waals surface area contributed by atoms with Gasteiger partial charge in [-0.05, 0) is 30.3 Å². The number of esters is 1. The van der Waals surface area contributed by atoms with Crippen LogP contribution in [0.2, 0.25) is 0 Å². The number of halogens is 1. The number of sulfonamides is 1. The minimum atomic E-state index is -4.05. The highest BCUT2D eigenvalue weighted by Crippen LogP contribution is 2.26. The van der Waals surface area contributed by atoms with Gasteiger partial charge in [0.25, 0.3) is 10.0 Å². The van der Waals surface area contributed by atoms with Crippen LogP contribution in [0.15, 0.2) is 47.4 Å². The Morgan fingerprint density at radius 2 is 1.83 bits per heavy atom. The van der Waals surface area contributed by atoms with E-state index in [0.717, 1.165) is 12.1 Å². The van der Waals surface area contributed by atoms with E-state index in [0.29, 0.717) is 0 Å². The maximum absolute atomic E-state index is 14.0. The van der Waals surface area contributed by atoms with Crippen LogP contribution in [0.5, 0.6) is 5.75 Å². The molecule has 8 heteroatoms. The molecule has 2 rings (SSSR count). The first kappa shape index (κ1) is 16.8. The molecule has 1 N–H and O–H groups in total. The number of hydrogen-bond acceptors (Lipinski definition) is 5. The third kappa shape index (κ3) is 3.59. The summed E-state index contributed by atoms with van der Waals surface area (Å²) < 4.78 is 50.3. The van der Waals surface area contributed by atoms with Crippen LogP contribution in [-0.2, 0) is 14.8 Å². The van der Waals surface area contributed by atoms with Crippen LogP contribution < -0.4 is 9.46 Å². The molecule has 0 aliphatic carbocycles. The third-order valence-corrected chi connectivity index (χ3v) is 4.40. The summed E-state index contributed by atoms with van der Waals surface area (Å²) >= 11 is 0. The SMILES string of the molecule is COC(=O)c1ccc(NS(=O)(=O)c2ccccc2OC)c(F)c1. The second-order valence-electron chi connectivity index (χ2n) is 4.44. The highest BCUT2D eigenvalue weighted by molar-refractivity contribution is 7.92. The molecular weight excluding hydrogens is 325 g/mol. The van der Waals surface area contributed by atoms with Crippen molar-refractivity contribution in [3.8, 4) is 5.75 Å². The van der Waals surface area contributed by atoms with E-state index >= 15 is 0 Å². The molecule has 6 nitrogen and oxygen atoms in total. The van der Waals surface area contributed by atoms with Crippen molar-refractivity contribution in [1.82, 2.24) is 0 Å². The molecule has 0 spiro atoms. The molecule has 0 radical (unpaired) electrons. The minimum absolute atomic E-state index is 0.0229. The fraction of sp³-hybridized carbons (Fsp3) is 0.133. The summed E-state index contributed by atoms with van der Waals surface area (Å²) in [6.45, 7) is 0. The van der Waals surface area contributed by atoms with Gasteiger partial charge in [-0.15, -0.1) is 0 Å². The van der Waals surface area contributed by atoms with Crippen LogP contribution >= 0.6 is 0 Å². The van der Waals surface area contributed by atoms with Crippen molar-refractivity contribution in [2.24, 2.45) is 0 Å². The van der Waals surface area contributed by atoms with Crippen molar-refractivity contribution in [1.29, 1.82) is 0 Å². The van der Waals surface area contributed by atoms with Gasteiger partial charge >= 0.3 is 5.97 Å². The second-order valence-corrected chi connectivity index (χ2v) is 6.09. The molecule has 2 aromatic rings. The molecule has 0 aliphatic heterocycles. The van der Waals surface area contributed by atoms with E-state index in [1.807, 2.05) is 0 Å². The first-order chi connectivity index (χ1) is 10.9. The average molecular weight is 339 g/mol. The van der Waals surface area contributed by atoms with E-state index in [9.17, 15) is 17.6 Å². The van der Waals surface area contributed by atoms with Gasteiger partial charge < -0.3 is 9.47 Å². The molecule has 122 valence electrons. The number of methoxy groups -OCH3 is 2. The number of hydrogen-bond donors (Lipinski definition) is 1. The molecule has 0 heterocycles. The number of carbonyl (C=O) groups is 1. The molecular formula is C15H14FNO5S. The molecule has 0 saturated heterocycles. The number of rotatable bonds is 5. The zero-order valence-corrected chi connectivity index (χ0v) is 13.2. The van der Waals surface area contributed by atoms with E-state index in [1.165, 1.54) is 38.5 Å². The van der Waals surface area contributed by atoms with Crippen molar-refractivity contribution in [2.75, 3.05) is 18.9 Å². The topological polar surface area (TPSA) is 81.7 Å². The number of ether oxygens (including phenoxy) is 2. The van der Waals surface area contributed by atoms with Gasteiger partial charge in [-0.25, -0.2) is 17.6 Å². The van der Waals surface area contributed by atoms with Crippen LogP contribution in [-0.4, -0.2) is 28.6 Å². The summed E-state index contributed by atoms with van der Waals surface area (Å²) in [5, 5.41) is 0. The summed E-state index contributed by atoms with van der Waals surface area (Å²) in [7, 11) is -1.55. The molecule has 0 bridgehead atoms. The van der Waals surface area contributed by atoms with Crippen LogP contribution in [0.1, 0.15) is 10.4 Å². The summed E-state index contributed by atoms with van der Waals surface area (Å²) in [6, 6.07) is 9.25. The second kappa shape index (κ2) is 6.66. The summed E-state index contributed by atoms with van der Waals surface area (Å²) in [5.41, 5.74) is -0.311. The Hall–Kier alpha value is -2.61. The zero-order chi connectivity index (χ0) is 17.0. The predicted molar refractivity (Wildman–Crippen MR) is 81.5 cm³/mol. The van der Waals surface area contributed by atoms with Gasteiger partial charge in [-0.1, -0.05) is 12.1 Å². The lowest BCUT2D eigenvalue weighted by atomic mass is 10.2. The number of carbonyl (C=O) groups excluding carboxylic acids is 1. The minimum Gasteiger partial charge on any atom is -0.495 e. The first-order valence-corrected chi connectivity index (χ1v) is 7.91. The third-order valence-electron chi connectivity index (χ3n) is 2.99. The molecule has 0 saturated carbocycles. The number of para-hydroxylation sites is 1. The number of nitrogens with one attached hydrogen (secondary N) is 1. The number of benzene rings is 2. The summed E-state index contributed by atoms with van der Waals surface area (Å²) in [6.07, 6.45) is 0. The monoisotopic (exact) mass is 339 g/mol. The largest absolute Gasteiger partial charge is 0.495 e. The van der Waals surface area contributed by atoms with E-state index in [1.54, 1.807) is 6.07 Å². The van der Waals surface area contributed by atoms with Gasteiger partial charge in [0.2, 0.25) is 0 Å². The standard InChI is InChI=1S/C15H14FNO5S/c1-21-13-5-3-4-6-14(13)23(19,20)17-12-8-7-10(9-11(12)16)15(18)22-2/h3-9,17H,1-2H3. The van der Waals surface area contributed by atoms with Gasteiger partial charge in [-0.3, -0.25) is 4.72 Å². The van der Waals surface area contributed by atoms with Crippen LogP contribution in [0.25, 0.3) is 0 Å². The fourth-order valence-corrected chi connectivity index (χ4v) is 3.12. The molecule has 23 heavy (non-hydrogen) atoms. The van der Waals surface area contributed by atoms with Crippen molar-refractivity contribution < 1.29 is 27.1 Å². The summed E-state index contributed by atoms with van der Waals surface area (Å²) in [5.74, 6) is -1.49. The van der Waals surface area contributed by atoms with Gasteiger partial charge in [0.1, 0.15) is 16.5 Å². The Morgan fingerprint density at radius 3 is 2.43 bits per heavy atom. The Balaban J connectivity index is 2.36. The Morgan fingerprint density at radius 1 is 1.13 bits per heavy atom. The first-order valence-electron chi connectivity index (χ1n) is 6.42. The smallest absolute Gasteiger partial charge is 0.337 e. The molecule has 0 amide bonds. The van der Waals surface area contributed by atoms with Crippen molar-refractivity contribution >= 4 is 21.7 Å². The lowest BCUT2D eigenvalue weighted by Crippen LogP contribution is -2.15. The molecule has 0 atom stereocenters. The average Bonchev–Trinajstić information content (AvgIpc) is 2.55. The van der Waals surface area contributed by atoms with Gasteiger partial charge in [0.15, 0.2) is 0 Å². The van der Waals surface area contributed by atoms with E-state index in [2.05, 4.69) is 9.46 Å². The van der Waals surface area contributed by atoms with Crippen LogP contribution in [0.3, 0.4) is 0 Å². The highest BCUT2D eigenvalue weighted by atomic mass is 32.2. The molecule has 0 aromatic heterocycles. The quantitative estimate of drug-likeness (QED) is 0.846. The van der Waals surface area contributed by atoms with Crippen LogP contribution in [0.4, 0.5) is 10.1 Å². The molecule has 0 aliphatic rings. The van der Waals surface area contributed by atoms with Crippen molar-refractivity contribution in [3.05, 3.63) is 53.8 Å².